The van der Waals surface area contributed by atoms with E-state index < -0.39 is 0 Å². The topological polar surface area (TPSA) is 77.0 Å². The fourth-order valence-corrected chi connectivity index (χ4v) is 4.18. The molecule has 0 aliphatic carbocycles. The minimum atomic E-state index is 0.280. The fraction of sp³-hybridized carbons (Fsp3) is 0.750. The zero-order chi connectivity index (χ0) is 10.8. The summed E-state index contributed by atoms with van der Waals surface area (Å²) < 4.78 is 4.91. The van der Waals surface area contributed by atoms with E-state index >= 15 is 0 Å². The first-order valence-corrected chi connectivity index (χ1v) is 6.77. The van der Waals surface area contributed by atoms with Gasteiger partial charge in [-0.25, -0.2) is 5.84 Å². The molecule has 0 saturated carbocycles. The second-order valence-electron chi connectivity index (χ2n) is 3.47. The van der Waals surface area contributed by atoms with Crippen molar-refractivity contribution in [1.29, 1.82) is 0 Å². The summed E-state index contributed by atoms with van der Waals surface area (Å²) in [6, 6.07) is 0.280. The summed E-state index contributed by atoms with van der Waals surface area (Å²) in [5.41, 5.74) is 2.35. The van der Waals surface area contributed by atoms with Crippen molar-refractivity contribution in [2.75, 3.05) is 11.2 Å². The molecule has 7 heteroatoms. The number of hydrazine groups is 1. The molecule has 1 aromatic heterocycles. The molecule has 0 amide bonds. The van der Waals surface area contributed by atoms with Gasteiger partial charge in [0.2, 0.25) is 0 Å². The average Bonchev–Trinajstić information content (AvgIpc) is 2.70. The average molecular weight is 246 g/mol. The van der Waals surface area contributed by atoms with Gasteiger partial charge in [-0.2, -0.15) is 16.7 Å². The third-order valence-electron chi connectivity index (χ3n) is 2.40. The number of hydrogen-bond donors (Lipinski definition) is 2. The van der Waals surface area contributed by atoms with Gasteiger partial charge >= 0.3 is 6.01 Å². The van der Waals surface area contributed by atoms with Crippen molar-refractivity contribution < 1.29 is 4.52 Å². The number of nitrogens with zero attached hydrogens (tertiary/aromatic N) is 2. The van der Waals surface area contributed by atoms with Crippen molar-refractivity contribution in [2.45, 2.75) is 29.6 Å². The third-order valence-corrected chi connectivity index (χ3v) is 5.79. The third kappa shape index (κ3) is 2.40. The summed E-state index contributed by atoms with van der Waals surface area (Å²) in [6.07, 6.45) is 0. The Labute approximate surface area is 96.9 Å². The number of aromatic nitrogens is 2. The van der Waals surface area contributed by atoms with E-state index in [1.54, 1.807) is 0 Å². The predicted octanol–water partition coefficient (Wildman–Crippen LogP) is 1.65. The molecule has 1 aliphatic rings. The van der Waals surface area contributed by atoms with Crippen molar-refractivity contribution in [3.63, 3.8) is 0 Å². The first-order chi connectivity index (χ1) is 7.20. The summed E-state index contributed by atoms with van der Waals surface area (Å²) in [7, 11) is 0. The van der Waals surface area contributed by atoms with Gasteiger partial charge in [0.05, 0.1) is 5.25 Å². The molecule has 3 atom stereocenters. The Hall–Kier alpha value is -0.400. The Bertz CT molecular complexity index is 332. The molecule has 3 unspecified atom stereocenters. The highest BCUT2D eigenvalue weighted by atomic mass is 32.2. The molecular formula is C8H14N4OS2. The largest absolute Gasteiger partial charge is 0.335 e. The van der Waals surface area contributed by atoms with Gasteiger partial charge in [0, 0.05) is 16.3 Å². The molecule has 1 aliphatic heterocycles. The number of nitrogen functional groups attached to an aromatic ring is 1. The van der Waals surface area contributed by atoms with E-state index in [2.05, 4.69) is 29.4 Å². The number of rotatable bonds is 2. The van der Waals surface area contributed by atoms with Crippen LogP contribution >= 0.6 is 23.5 Å². The Morgan fingerprint density at radius 3 is 2.87 bits per heavy atom. The summed E-state index contributed by atoms with van der Waals surface area (Å²) in [4.78, 5) is 4.16. The van der Waals surface area contributed by atoms with Crippen molar-refractivity contribution in [2.24, 2.45) is 5.84 Å². The van der Waals surface area contributed by atoms with Crippen molar-refractivity contribution in [3.8, 4) is 0 Å². The Kier molecular flexibility index (Phi) is 3.42. The van der Waals surface area contributed by atoms with Crippen LogP contribution in [-0.4, -0.2) is 26.4 Å². The first-order valence-electron chi connectivity index (χ1n) is 4.78. The van der Waals surface area contributed by atoms with Crippen molar-refractivity contribution in [3.05, 3.63) is 5.82 Å². The standard InChI is InChI=1S/C8H14N4OS2/c1-4-5(2)15-6(3-14-4)7-10-8(11-9)13-12-7/h4-6H,3,9H2,1-2H3,(H,10,11,12). The highest BCUT2D eigenvalue weighted by Crippen LogP contribution is 2.43. The van der Waals surface area contributed by atoms with Crippen LogP contribution in [0.1, 0.15) is 24.9 Å². The van der Waals surface area contributed by atoms with Gasteiger partial charge < -0.3 is 4.52 Å². The van der Waals surface area contributed by atoms with Gasteiger partial charge in [0.25, 0.3) is 0 Å². The molecule has 0 radical (unpaired) electrons. The summed E-state index contributed by atoms with van der Waals surface area (Å²) in [6.45, 7) is 4.48. The van der Waals surface area contributed by atoms with Crippen LogP contribution in [0.15, 0.2) is 4.52 Å². The van der Waals surface area contributed by atoms with Crippen LogP contribution in [0.25, 0.3) is 0 Å². The van der Waals surface area contributed by atoms with E-state index in [0.717, 1.165) is 11.6 Å². The molecule has 2 rings (SSSR count). The maximum Gasteiger partial charge on any atom is 0.335 e. The highest BCUT2D eigenvalue weighted by molar-refractivity contribution is 8.07. The second kappa shape index (κ2) is 4.63. The van der Waals surface area contributed by atoms with Crippen LogP contribution in [0.5, 0.6) is 0 Å². The van der Waals surface area contributed by atoms with Crippen LogP contribution in [0.2, 0.25) is 0 Å². The monoisotopic (exact) mass is 246 g/mol. The molecule has 5 nitrogen and oxygen atoms in total. The molecule has 84 valence electrons. The van der Waals surface area contributed by atoms with Gasteiger partial charge in [-0.05, 0) is 0 Å². The molecule has 0 spiro atoms. The number of anilines is 1. The maximum atomic E-state index is 5.18. The summed E-state index contributed by atoms with van der Waals surface area (Å²) >= 11 is 3.85. The van der Waals surface area contributed by atoms with E-state index in [1.165, 1.54) is 0 Å². The van der Waals surface area contributed by atoms with Gasteiger partial charge in [-0.1, -0.05) is 19.0 Å². The Morgan fingerprint density at radius 2 is 2.27 bits per heavy atom. The quantitative estimate of drug-likeness (QED) is 0.607. The van der Waals surface area contributed by atoms with Crippen LogP contribution in [0.4, 0.5) is 6.01 Å². The zero-order valence-corrected chi connectivity index (χ0v) is 10.3. The molecule has 1 fully saturated rings. The SMILES string of the molecule is CC1SCC(c2noc(NN)n2)SC1C. The lowest BCUT2D eigenvalue weighted by molar-refractivity contribution is 0.423. The lowest BCUT2D eigenvalue weighted by Crippen LogP contribution is -2.22. The molecule has 2 heterocycles. The molecule has 0 aromatic carbocycles. The number of nitrogens with two attached hydrogens (primary N) is 1. The number of thioether (sulfide) groups is 2. The summed E-state index contributed by atoms with van der Waals surface area (Å²) in [5.74, 6) is 6.95. The predicted molar refractivity (Wildman–Crippen MR) is 63.8 cm³/mol. The lowest BCUT2D eigenvalue weighted by atomic mass is 10.3. The Balaban J connectivity index is 2.05. The van der Waals surface area contributed by atoms with E-state index in [9.17, 15) is 0 Å². The van der Waals surface area contributed by atoms with E-state index in [0.29, 0.717) is 15.7 Å². The highest BCUT2D eigenvalue weighted by Gasteiger charge is 2.29. The van der Waals surface area contributed by atoms with Crippen LogP contribution in [0.3, 0.4) is 0 Å². The molecule has 1 aromatic rings. The van der Waals surface area contributed by atoms with Crippen LogP contribution in [-0.2, 0) is 0 Å². The van der Waals surface area contributed by atoms with E-state index in [1.807, 2.05) is 23.5 Å². The lowest BCUT2D eigenvalue weighted by Gasteiger charge is -2.29. The van der Waals surface area contributed by atoms with Gasteiger partial charge in [0.1, 0.15) is 0 Å². The zero-order valence-electron chi connectivity index (χ0n) is 8.64. The molecular weight excluding hydrogens is 232 g/mol. The van der Waals surface area contributed by atoms with Crippen LogP contribution in [0, 0.1) is 0 Å². The minimum Gasteiger partial charge on any atom is -0.314 e. The minimum absolute atomic E-state index is 0.280. The van der Waals surface area contributed by atoms with E-state index in [-0.39, 0.29) is 6.01 Å². The second-order valence-corrected chi connectivity index (χ2v) is 6.47. The smallest absolute Gasteiger partial charge is 0.314 e. The maximum absolute atomic E-state index is 5.18. The van der Waals surface area contributed by atoms with E-state index in [4.69, 9.17) is 10.4 Å². The van der Waals surface area contributed by atoms with Gasteiger partial charge in [0.15, 0.2) is 5.82 Å². The Morgan fingerprint density at radius 1 is 1.47 bits per heavy atom. The normalized spacial score (nSPS) is 31.5. The molecule has 1 saturated heterocycles. The van der Waals surface area contributed by atoms with Crippen molar-refractivity contribution >= 4 is 29.5 Å². The van der Waals surface area contributed by atoms with Crippen LogP contribution < -0.4 is 11.3 Å². The molecule has 0 bridgehead atoms. The van der Waals surface area contributed by atoms with Gasteiger partial charge in [-0.3, -0.25) is 5.43 Å². The van der Waals surface area contributed by atoms with Crippen molar-refractivity contribution in [1.82, 2.24) is 10.1 Å². The first kappa shape index (κ1) is 11.1. The fourth-order valence-electron chi connectivity index (χ4n) is 1.34. The molecule has 3 N–H and O–H groups in total. The van der Waals surface area contributed by atoms with Gasteiger partial charge in [-0.15, -0.1) is 11.8 Å². The molecule has 15 heavy (non-hydrogen) atoms. The summed E-state index contributed by atoms with van der Waals surface area (Å²) in [5, 5.41) is 5.52. The number of hydrogen-bond acceptors (Lipinski definition) is 7. The number of nitrogens with one attached hydrogen (secondary N) is 1.